The second kappa shape index (κ2) is 5.70. The Morgan fingerprint density at radius 1 is 1.29 bits per heavy atom. The van der Waals surface area contributed by atoms with Crippen LogP contribution in [0.2, 0.25) is 0 Å². The third kappa shape index (κ3) is 3.99. The number of aliphatic hydroxyl groups is 1. The van der Waals surface area contributed by atoms with Crippen molar-refractivity contribution in [2.75, 3.05) is 13.6 Å². The van der Waals surface area contributed by atoms with Gasteiger partial charge in [0.25, 0.3) is 5.69 Å². The minimum absolute atomic E-state index is 0.167. The molecule has 0 atom stereocenters. The van der Waals surface area contributed by atoms with E-state index in [1.165, 1.54) is 33.0 Å². The molecule has 0 aliphatic heterocycles. The van der Waals surface area contributed by atoms with Crippen LogP contribution in [0.15, 0.2) is 17.0 Å². The molecule has 0 aliphatic carbocycles. The highest BCUT2D eigenvalue weighted by Crippen LogP contribution is 2.29. The molecule has 0 saturated carbocycles. The highest BCUT2D eigenvalue weighted by Gasteiger charge is 2.32. The molecule has 1 rings (SSSR count). The van der Waals surface area contributed by atoms with E-state index in [1.807, 2.05) is 0 Å². The van der Waals surface area contributed by atoms with Crippen LogP contribution in [0.1, 0.15) is 25.0 Å². The first-order chi connectivity index (χ1) is 9.36. The number of hydrogen-bond donors (Lipinski definition) is 1. The lowest BCUT2D eigenvalue weighted by Gasteiger charge is -2.25. The molecule has 1 N–H and O–H groups in total. The average molecular weight is 316 g/mol. The van der Waals surface area contributed by atoms with Crippen LogP contribution in [0.5, 0.6) is 0 Å². The number of benzene rings is 1. The molecule has 0 bridgehead atoms. The molecule has 0 amide bonds. The molecule has 0 aliphatic rings. The fraction of sp³-hybridized carbons (Fsp3) is 0.538. The first-order valence-electron chi connectivity index (χ1n) is 6.30. The highest BCUT2D eigenvalue weighted by atomic mass is 32.2. The van der Waals surface area contributed by atoms with E-state index in [0.717, 1.165) is 4.31 Å². The van der Waals surface area contributed by atoms with Gasteiger partial charge in [0.1, 0.15) is 0 Å². The molecule has 21 heavy (non-hydrogen) atoms. The van der Waals surface area contributed by atoms with Crippen LogP contribution in [0.25, 0.3) is 0 Å². The molecular weight excluding hydrogens is 296 g/mol. The molecule has 0 radical (unpaired) electrons. The first kappa shape index (κ1) is 17.5. The summed E-state index contributed by atoms with van der Waals surface area (Å²) in [6.07, 6.45) is 0. The summed E-state index contributed by atoms with van der Waals surface area (Å²) in [7, 11) is -2.77. The van der Waals surface area contributed by atoms with E-state index in [0.29, 0.717) is 11.1 Å². The monoisotopic (exact) mass is 316 g/mol. The highest BCUT2D eigenvalue weighted by molar-refractivity contribution is 7.89. The number of nitrogens with zero attached hydrogens (tertiary/aromatic N) is 2. The summed E-state index contributed by atoms with van der Waals surface area (Å²) < 4.78 is 25.9. The lowest BCUT2D eigenvalue weighted by atomic mass is 10.1. The predicted octanol–water partition coefficient (Wildman–Crippen LogP) is 1.60. The van der Waals surface area contributed by atoms with Crippen LogP contribution in [0.3, 0.4) is 0 Å². The average Bonchev–Trinajstić information content (AvgIpc) is 2.29. The molecule has 1 aromatic rings. The Kier molecular flexibility index (Phi) is 4.76. The van der Waals surface area contributed by atoms with Crippen molar-refractivity contribution in [3.63, 3.8) is 0 Å². The van der Waals surface area contributed by atoms with E-state index >= 15 is 0 Å². The van der Waals surface area contributed by atoms with E-state index in [1.54, 1.807) is 13.8 Å². The molecular formula is C13H20N2O5S. The smallest absolute Gasteiger partial charge is 0.289 e. The van der Waals surface area contributed by atoms with Gasteiger partial charge in [-0.2, -0.15) is 4.31 Å². The molecule has 0 unspecified atom stereocenters. The Morgan fingerprint density at radius 3 is 2.19 bits per heavy atom. The lowest BCUT2D eigenvalue weighted by Crippen LogP contribution is -2.39. The number of nitro groups is 1. The fourth-order valence-electron chi connectivity index (χ4n) is 1.92. The van der Waals surface area contributed by atoms with Gasteiger partial charge in [0, 0.05) is 19.7 Å². The normalized spacial score (nSPS) is 12.7. The van der Waals surface area contributed by atoms with Crippen LogP contribution in [-0.4, -0.2) is 41.9 Å². The van der Waals surface area contributed by atoms with Gasteiger partial charge in [0.05, 0.1) is 10.5 Å². The Labute approximate surface area is 124 Å². The van der Waals surface area contributed by atoms with E-state index in [9.17, 15) is 23.6 Å². The number of aryl methyl sites for hydroxylation is 2. The fourth-order valence-corrected chi connectivity index (χ4v) is 3.47. The Bertz CT molecular complexity index is 662. The number of hydrogen-bond acceptors (Lipinski definition) is 5. The number of likely N-dealkylation sites (N-methyl/N-ethyl adjacent to an activating group) is 1. The summed E-state index contributed by atoms with van der Waals surface area (Å²) in [6.45, 7) is 6.13. The third-order valence-electron chi connectivity index (χ3n) is 3.07. The standard InChI is InChI=1S/C13H20N2O5S/c1-9-6-11(15(17)18)12(7-10(9)2)21(19,20)14(5)8-13(3,4)16/h6-7,16H,8H2,1-5H3. The number of sulfonamides is 1. The summed E-state index contributed by atoms with van der Waals surface area (Å²) in [6, 6.07) is 2.55. The number of rotatable bonds is 5. The molecule has 0 fully saturated rings. The summed E-state index contributed by atoms with van der Waals surface area (Å²) in [5, 5.41) is 20.8. The Balaban J connectivity index is 3.44. The van der Waals surface area contributed by atoms with Crippen molar-refractivity contribution in [3.05, 3.63) is 33.4 Å². The maximum atomic E-state index is 12.5. The summed E-state index contributed by atoms with van der Waals surface area (Å²) in [5.74, 6) is 0. The molecule has 7 nitrogen and oxygen atoms in total. The molecule has 0 aromatic heterocycles. The van der Waals surface area contributed by atoms with Crippen molar-refractivity contribution in [1.82, 2.24) is 4.31 Å². The second-order valence-corrected chi connectivity index (χ2v) is 7.75. The van der Waals surface area contributed by atoms with Gasteiger partial charge in [0.15, 0.2) is 4.90 Å². The van der Waals surface area contributed by atoms with Crippen molar-refractivity contribution < 1.29 is 18.4 Å². The molecule has 118 valence electrons. The molecule has 0 saturated heterocycles. The van der Waals surface area contributed by atoms with Crippen LogP contribution >= 0.6 is 0 Å². The van der Waals surface area contributed by atoms with Crippen LogP contribution in [0.4, 0.5) is 5.69 Å². The zero-order chi connectivity index (χ0) is 16.6. The summed E-state index contributed by atoms with van der Waals surface area (Å²) in [4.78, 5) is 10.0. The largest absolute Gasteiger partial charge is 0.389 e. The van der Waals surface area contributed by atoms with Gasteiger partial charge in [0.2, 0.25) is 10.0 Å². The van der Waals surface area contributed by atoms with Gasteiger partial charge in [-0.15, -0.1) is 0 Å². The van der Waals surface area contributed by atoms with E-state index in [-0.39, 0.29) is 11.4 Å². The Morgan fingerprint density at radius 2 is 1.76 bits per heavy atom. The van der Waals surface area contributed by atoms with Crippen molar-refractivity contribution in [1.29, 1.82) is 0 Å². The van der Waals surface area contributed by atoms with Gasteiger partial charge < -0.3 is 5.11 Å². The lowest BCUT2D eigenvalue weighted by molar-refractivity contribution is -0.387. The topological polar surface area (TPSA) is 101 Å². The Hall–Kier alpha value is -1.51. The van der Waals surface area contributed by atoms with E-state index in [2.05, 4.69) is 0 Å². The third-order valence-corrected chi connectivity index (χ3v) is 4.90. The molecule has 0 spiro atoms. The zero-order valence-corrected chi connectivity index (χ0v) is 13.6. The summed E-state index contributed by atoms with van der Waals surface area (Å²) >= 11 is 0. The van der Waals surface area contributed by atoms with Crippen LogP contribution in [-0.2, 0) is 10.0 Å². The molecule has 8 heteroatoms. The maximum absolute atomic E-state index is 12.5. The van der Waals surface area contributed by atoms with Crippen molar-refractivity contribution in [2.24, 2.45) is 0 Å². The van der Waals surface area contributed by atoms with Gasteiger partial charge in [-0.1, -0.05) is 0 Å². The van der Waals surface area contributed by atoms with Gasteiger partial charge >= 0.3 is 0 Å². The zero-order valence-electron chi connectivity index (χ0n) is 12.7. The maximum Gasteiger partial charge on any atom is 0.289 e. The van der Waals surface area contributed by atoms with Crippen molar-refractivity contribution in [3.8, 4) is 0 Å². The predicted molar refractivity (Wildman–Crippen MR) is 78.7 cm³/mol. The SMILES string of the molecule is Cc1cc([N+](=O)[O-])c(S(=O)(=O)N(C)CC(C)(C)O)cc1C. The van der Waals surface area contributed by atoms with Crippen molar-refractivity contribution in [2.45, 2.75) is 38.2 Å². The second-order valence-electron chi connectivity index (χ2n) is 5.73. The van der Waals surface area contributed by atoms with E-state index < -0.39 is 26.2 Å². The van der Waals surface area contributed by atoms with Gasteiger partial charge in [-0.05, 0) is 44.9 Å². The number of nitro benzene ring substituents is 1. The molecule has 0 heterocycles. The first-order valence-corrected chi connectivity index (χ1v) is 7.74. The van der Waals surface area contributed by atoms with E-state index in [4.69, 9.17) is 0 Å². The quantitative estimate of drug-likeness (QED) is 0.657. The van der Waals surface area contributed by atoms with Gasteiger partial charge in [-0.25, -0.2) is 8.42 Å². The summed E-state index contributed by atoms with van der Waals surface area (Å²) in [5.41, 5.74) is -0.404. The minimum Gasteiger partial charge on any atom is -0.389 e. The molecule has 1 aromatic carbocycles. The van der Waals surface area contributed by atoms with Crippen LogP contribution < -0.4 is 0 Å². The van der Waals surface area contributed by atoms with Crippen molar-refractivity contribution >= 4 is 15.7 Å². The minimum atomic E-state index is -4.06. The van der Waals surface area contributed by atoms with Crippen LogP contribution in [0, 0.1) is 24.0 Å². The van der Waals surface area contributed by atoms with Gasteiger partial charge in [-0.3, -0.25) is 10.1 Å².